The van der Waals surface area contributed by atoms with Crippen molar-refractivity contribution in [1.82, 2.24) is 10.2 Å². The van der Waals surface area contributed by atoms with Crippen molar-refractivity contribution in [2.24, 2.45) is 5.92 Å². The van der Waals surface area contributed by atoms with Crippen molar-refractivity contribution in [2.75, 3.05) is 13.6 Å². The molecular weight excluding hydrogens is 236 g/mol. The van der Waals surface area contributed by atoms with Crippen molar-refractivity contribution in [3.63, 3.8) is 0 Å². The van der Waals surface area contributed by atoms with Crippen LogP contribution in [0.4, 0.5) is 0 Å². The molecule has 0 radical (unpaired) electrons. The monoisotopic (exact) mass is 262 g/mol. The fraction of sp³-hybridized carbons (Fsp3) is 0.625. The van der Waals surface area contributed by atoms with Crippen molar-refractivity contribution < 1.29 is 5.11 Å². The van der Waals surface area contributed by atoms with Crippen molar-refractivity contribution in [2.45, 2.75) is 45.5 Å². The number of hydrogen-bond donors (Lipinski definition) is 2. The Labute approximate surface area is 116 Å². The van der Waals surface area contributed by atoms with Crippen LogP contribution < -0.4 is 5.32 Å². The number of likely N-dealkylation sites (tertiary alicyclic amines) is 1. The lowest BCUT2D eigenvalue weighted by Gasteiger charge is -2.40. The Morgan fingerprint density at radius 2 is 1.84 bits per heavy atom. The highest BCUT2D eigenvalue weighted by molar-refractivity contribution is 5.21. The quantitative estimate of drug-likeness (QED) is 0.871. The molecular formula is C16H26N2O. The predicted molar refractivity (Wildman–Crippen MR) is 78.9 cm³/mol. The minimum absolute atomic E-state index is 0.122. The Balaban J connectivity index is 1.87. The highest BCUT2D eigenvalue weighted by atomic mass is 16.3. The first kappa shape index (κ1) is 14.5. The van der Waals surface area contributed by atoms with Crippen molar-refractivity contribution in [3.8, 4) is 0 Å². The summed E-state index contributed by atoms with van der Waals surface area (Å²) in [5, 5.41) is 12.7. The molecule has 0 aliphatic carbocycles. The normalized spacial score (nSPS) is 28.5. The van der Waals surface area contributed by atoms with Crippen LogP contribution in [0.3, 0.4) is 0 Å². The van der Waals surface area contributed by atoms with Crippen molar-refractivity contribution in [1.29, 1.82) is 0 Å². The molecule has 1 saturated heterocycles. The lowest BCUT2D eigenvalue weighted by Crippen LogP contribution is -2.50. The Morgan fingerprint density at radius 3 is 2.47 bits per heavy atom. The molecule has 0 saturated carbocycles. The summed E-state index contributed by atoms with van der Waals surface area (Å²) in [7, 11) is 2.21. The van der Waals surface area contributed by atoms with E-state index >= 15 is 0 Å². The van der Waals surface area contributed by atoms with Crippen LogP contribution in [-0.2, 0) is 13.2 Å². The summed E-state index contributed by atoms with van der Waals surface area (Å²) >= 11 is 0. The molecule has 0 spiro atoms. The van der Waals surface area contributed by atoms with E-state index in [4.69, 9.17) is 5.11 Å². The summed E-state index contributed by atoms with van der Waals surface area (Å²) in [5.74, 6) is 0.693. The van der Waals surface area contributed by atoms with Gasteiger partial charge in [-0.1, -0.05) is 31.2 Å². The van der Waals surface area contributed by atoms with Gasteiger partial charge in [-0.05, 0) is 37.4 Å². The summed E-state index contributed by atoms with van der Waals surface area (Å²) in [5.41, 5.74) is 2.26. The van der Waals surface area contributed by atoms with Crippen LogP contribution in [-0.4, -0.2) is 35.7 Å². The average Bonchev–Trinajstić information content (AvgIpc) is 2.42. The second-order valence-corrected chi connectivity index (χ2v) is 5.96. The first-order valence-electron chi connectivity index (χ1n) is 7.22. The minimum atomic E-state index is 0.122. The standard InChI is InChI=1S/C16H26N2O/c1-12-10-18(3)13(2)8-16(12)17-9-14-4-6-15(11-19)7-5-14/h4-7,12-13,16-17,19H,8-11H2,1-3H3. The van der Waals surface area contributed by atoms with E-state index in [0.717, 1.165) is 12.1 Å². The first-order chi connectivity index (χ1) is 9.10. The SMILES string of the molecule is CC1CN(C)C(C)CC1NCc1ccc(CO)cc1. The summed E-state index contributed by atoms with van der Waals surface area (Å²) in [6.45, 7) is 6.84. The molecule has 19 heavy (non-hydrogen) atoms. The van der Waals surface area contributed by atoms with Crippen LogP contribution >= 0.6 is 0 Å². The maximum Gasteiger partial charge on any atom is 0.0681 e. The largest absolute Gasteiger partial charge is 0.392 e. The van der Waals surface area contributed by atoms with Crippen LogP contribution in [0.2, 0.25) is 0 Å². The topological polar surface area (TPSA) is 35.5 Å². The molecule has 3 unspecified atom stereocenters. The van der Waals surface area contributed by atoms with Gasteiger partial charge in [0.25, 0.3) is 0 Å². The molecule has 2 N–H and O–H groups in total. The van der Waals surface area contributed by atoms with Crippen LogP contribution in [0.25, 0.3) is 0 Å². The predicted octanol–water partition coefficient (Wildman–Crippen LogP) is 2.00. The van der Waals surface area contributed by atoms with E-state index in [2.05, 4.69) is 43.2 Å². The van der Waals surface area contributed by atoms with Gasteiger partial charge in [0, 0.05) is 25.2 Å². The summed E-state index contributed by atoms with van der Waals surface area (Å²) < 4.78 is 0. The van der Waals surface area contributed by atoms with E-state index in [1.54, 1.807) is 0 Å². The molecule has 1 heterocycles. The molecule has 1 aromatic rings. The van der Waals surface area contributed by atoms with E-state index in [1.165, 1.54) is 18.5 Å². The molecule has 0 aromatic heterocycles. The third kappa shape index (κ3) is 3.78. The van der Waals surface area contributed by atoms with Crippen LogP contribution in [0, 0.1) is 5.92 Å². The fourth-order valence-electron chi connectivity index (χ4n) is 2.84. The number of hydrogen-bond acceptors (Lipinski definition) is 3. The van der Waals surface area contributed by atoms with E-state index in [-0.39, 0.29) is 6.61 Å². The van der Waals surface area contributed by atoms with E-state index < -0.39 is 0 Å². The molecule has 3 atom stereocenters. The van der Waals surface area contributed by atoms with Gasteiger partial charge in [-0.15, -0.1) is 0 Å². The molecule has 1 aliphatic heterocycles. The first-order valence-corrected chi connectivity index (χ1v) is 7.22. The molecule has 1 fully saturated rings. The van der Waals surface area contributed by atoms with Crippen molar-refractivity contribution >= 4 is 0 Å². The Morgan fingerprint density at radius 1 is 1.21 bits per heavy atom. The number of aliphatic hydroxyl groups is 1. The zero-order valence-electron chi connectivity index (χ0n) is 12.3. The second kappa shape index (κ2) is 6.51. The van der Waals surface area contributed by atoms with Gasteiger partial charge in [-0.2, -0.15) is 0 Å². The van der Waals surface area contributed by atoms with Crippen molar-refractivity contribution in [3.05, 3.63) is 35.4 Å². The molecule has 106 valence electrons. The number of nitrogens with zero attached hydrogens (tertiary/aromatic N) is 1. The number of nitrogens with one attached hydrogen (secondary N) is 1. The summed E-state index contributed by atoms with van der Waals surface area (Å²) in [4.78, 5) is 2.44. The number of benzene rings is 1. The smallest absolute Gasteiger partial charge is 0.0681 e. The maximum atomic E-state index is 9.03. The van der Waals surface area contributed by atoms with E-state index in [9.17, 15) is 0 Å². The Kier molecular flexibility index (Phi) is 4.97. The molecule has 2 rings (SSSR count). The molecule has 1 aliphatic rings. The number of piperidine rings is 1. The molecule has 3 nitrogen and oxygen atoms in total. The van der Waals surface area contributed by atoms with Gasteiger partial charge in [0.15, 0.2) is 0 Å². The maximum absolute atomic E-state index is 9.03. The molecule has 0 bridgehead atoms. The van der Waals surface area contributed by atoms with Gasteiger partial charge in [0.1, 0.15) is 0 Å². The third-order valence-electron chi connectivity index (χ3n) is 4.38. The highest BCUT2D eigenvalue weighted by Crippen LogP contribution is 2.21. The van der Waals surface area contributed by atoms with Crippen LogP contribution in [0.5, 0.6) is 0 Å². The fourth-order valence-corrected chi connectivity index (χ4v) is 2.84. The van der Waals surface area contributed by atoms with E-state index in [0.29, 0.717) is 18.0 Å². The van der Waals surface area contributed by atoms with Gasteiger partial charge in [0.05, 0.1) is 6.61 Å². The third-order valence-corrected chi connectivity index (χ3v) is 4.38. The molecule has 0 amide bonds. The zero-order chi connectivity index (χ0) is 13.8. The van der Waals surface area contributed by atoms with Gasteiger partial charge in [0.2, 0.25) is 0 Å². The Bertz CT molecular complexity index is 390. The zero-order valence-corrected chi connectivity index (χ0v) is 12.3. The van der Waals surface area contributed by atoms with Gasteiger partial charge < -0.3 is 15.3 Å². The van der Waals surface area contributed by atoms with Crippen LogP contribution in [0.1, 0.15) is 31.4 Å². The van der Waals surface area contributed by atoms with Gasteiger partial charge >= 0.3 is 0 Å². The summed E-state index contributed by atoms with van der Waals surface area (Å²) in [6, 6.07) is 9.45. The van der Waals surface area contributed by atoms with Gasteiger partial charge in [-0.3, -0.25) is 0 Å². The summed E-state index contributed by atoms with van der Waals surface area (Å²) in [6.07, 6.45) is 1.21. The number of rotatable bonds is 4. The van der Waals surface area contributed by atoms with Gasteiger partial charge in [-0.25, -0.2) is 0 Å². The minimum Gasteiger partial charge on any atom is -0.392 e. The lowest BCUT2D eigenvalue weighted by molar-refractivity contribution is 0.121. The second-order valence-electron chi connectivity index (χ2n) is 5.96. The van der Waals surface area contributed by atoms with E-state index in [1.807, 2.05) is 12.1 Å². The molecule has 1 aromatic carbocycles. The molecule has 3 heteroatoms. The van der Waals surface area contributed by atoms with Crippen LogP contribution in [0.15, 0.2) is 24.3 Å². The highest BCUT2D eigenvalue weighted by Gasteiger charge is 2.28. The number of aliphatic hydroxyl groups excluding tert-OH is 1. The Hall–Kier alpha value is -0.900. The average molecular weight is 262 g/mol. The lowest BCUT2D eigenvalue weighted by atomic mass is 9.89.